The molecule has 1 aromatic heterocycles. The van der Waals surface area contributed by atoms with Crippen molar-refractivity contribution in [3.05, 3.63) is 58.5 Å². The molecule has 0 aliphatic carbocycles. The minimum absolute atomic E-state index is 0.106. The first-order valence-corrected chi connectivity index (χ1v) is 7.05. The SMILES string of the molecule is Cc1cc(C)c(CNC(=O)N(C)Cc2ccco2)c(C)c1. The van der Waals surface area contributed by atoms with Crippen LogP contribution in [0.25, 0.3) is 0 Å². The summed E-state index contributed by atoms with van der Waals surface area (Å²) in [6.07, 6.45) is 1.61. The maximum absolute atomic E-state index is 12.1. The van der Waals surface area contributed by atoms with Gasteiger partial charge in [0.1, 0.15) is 5.76 Å². The van der Waals surface area contributed by atoms with Gasteiger partial charge in [0.15, 0.2) is 0 Å². The molecule has 0 bridgehead atoms. The van der Waals surface area contributed by atoms with Crippen molar-refractivity contribution in [1.82, 2.24) is 10.2 Å². The molecule has 4 nitrogen and oxygen atoms in total. The van der Waals surface area contributed by atoms with Crippen LogP contribution in [-0.4, -0.2) is 18.0 Å². The molecule has 2 rings (SSSR count). The van der Waals surface area contributed by atoms with Gasteiger partial charge in [0, 0.05) is 13.6 Å². The number of nitrogens with one attached hydrogen (secondary N) is 1. The Morgan fingerprint density at radius 3 is 2.48 bits per heavy atom. The summed E-state index contributed by atoms with van der Waals surface area (Å²) in [7, 11) is 1.76. The lowest BCUT2D eigenvalue weighted by Crippen LogP contribution is -2.36. The molecule has 1 N–H and O–H groups in total. The van der Waals surface area contributed by atoms with E-state index < -0.39 is 0 Å². The summed E-state index contributed by atoms with van der Waals surface area (Å²) in [4.78, 5) is 13.7. The second-order valence-corrected chi connectivity index (χ2v) is 5.47. The van der Waals surface area contributed by atoms with Crippen LogP contribution in [-0.2, 0) is 13.1 Å². The number of carbonyl (C=O) groups excluding carboxylic acids is 1. The number of benzene rings is 1. The lowest BCUT2D eigenvalue weighted by atomic mass is 10.00. The summed E-state index contributed by atoms with van der Waals surface area (Å²) < 4.78 is 5.25. The maximum Gasteiger partial charge on any atom is 0.317 e. The fraction of sp³-hybridized carbons (Fsp3) is 0.353. The first-order chi connectivity index (χ1) is 9.97. The van der Waals surface area contributed by atoms with E-state index in [0.29, 0.717) is 13.1 Å². The molecular weight excluding hydrogens is 264 g/mol. The van der Waals surface area contributed by atoms with Crippen LogP contribution in [0.5, 0.6) is 0 Å². The van der Waals surface area contributed by atoms with Gasteiger partial charge in [-0.15, -0.1) is 0 Å². The summed E-state index contributed by atoms with van der Waals surface area (Å²) in [6, 6.07) is 7.85. The van der Waals surface area contributed by atoms with Crippen LogP contribution in [0.15, 0.2) is 34.9 Å². The zero-order chi connectivity index (χ0) is 15.4. The molecule has 0 saturated carbocycles. The minimum atomic E-state index is -0.106. The minimum Gasteiger partial charge on any atom is -0.467 e. The third-order valence-corrected chi connectivity index (χ3v) is 3.58. The Morgan fingerprint density at radius 1 is 1.24 bits per heavy atom. The predicted octanol–water partition coefficient (Wildman–Crippen LogP) is 3.55. The molecule has 0 radical (unpaired) electrons. The van der Waals surface area contributed by atoms with Gasteiger partial charge in [0.05, 0.1) is 12.8 Å². The van der Waals surface area contributed by atoms with Crippen molar-refractivity contribution in [2.75, 3.05) is 7.05 Å². The molecular formula is C17H22N2O2. The van der Waals surface area contributed by atoms with E-state index in [1.54, 1.807) is 18.2 Å². The maximum atomic E-state index is 12.1. The Hall–Kier alpha value is -2.23. The van der Waals surface area contributed by atoms with Crippen LogP contribution in [0.1, 0.15) is 28.0 Å². The smallest absolute Gasteiger partial charge is 0.317 e. The molecule has 1 heterocycles. The Morgan fingerprint density at radius 2 is 1.90 bits per heavy atom. The Bertz CT molecular complexity index is 595. The zero-order valence-corrected chi connectivity index (χ0v) is 13.1. The van der Waals surface area contributed by atoms with Crippen LogP contribution >= 0.6 is 0 Å². The first-order valence-electron chi connectivity index (χ1n) is 7.05. The highest BCUT2D eigenvalue weighted by Gasteiger charge is 2.11. The van der Waals surface area contributed by atoms with Gasteiger partial charge in [-0.3, -0.25) is 0 Å². The van der Waals surface area contributed by atoms with E-state index in [1.807, 2.05) is 12.1 Å². The highest BCUT2D eigenvalue weighted by molar-refractivity contribution is 5.73. The highest BCUT2D eigenvalue weighted by atomic mass is 16.3. The van der Waals surface area contributed by atoms with Gasteiger partial charge in [-0.1, -0.05) is 17.7 Å². The van der Waals surface area contributed by atoms with Crippen molar-refractivity contribution in [1.29, 1.82) is 0 Å². The summed E-state index contributed by atoms with van der Waals surface area (Å²) in [5, 5.41) is 2.96. The van der Waals surface area contributed by atoms with Gasteiger partial charge in [-0.25, -0.2) is 4.79 Å². The number of urea groups is 1. The van der Waals surface area contributed by atoms with Gasteiger partial charge in [-0.05, 0) is 49.6 Å². The Labute approximate surface area is 125 Å². The van der Waals surface area contributed by atoms with Crippen LogP contribution in [0.2, 0.25) is 0 Å². The van der Waals surface area contributed by atoms with Gasteiger partial charge in [-0.2, -0.15) is 0 Å². The van der Waals surface area contributed by atoms with E-state index in [0.717, 1.165) is 5.76 Å². The predicted molar refractivity (Wildman–Crippen MR) is 83.1 cm³/mol. The van der Waals surface area contributed by atoms with Crippen molar-refractivity contribution >= 4 is 6.03 Å². The average molecular weight is 286 g/mol. The van der Waals surface area contributed by atoms with Crippen molar-refractivity contribution in [2.24, 2.45) is 0 Å². The molecule has 0 saturated heterocycles. The van der Waals surface area contributed by atoms with Crippen molar-refractivity contribution in [3.8, 4) is 0 Å². The number of nitrogens with zero attached hydrogens (tertiary/aromatic N) is 1. The molecule has 0 fully saturated rings. The number of hydrogen-bond donors (Lipinski definition) is 1. The second-order valence-electron chi connectivity index (χ2n) is 5.47. The Balaban J connectivity index is 1.95. The number of carbonyl (C=O) groups is 1. The summed E-state index contributed by atoms with van der Waals surface area (Å²) in [5.41, 5.74) is 4.85. The Kier molecular flexibility index (Phi) is 4.68. The van der Waals surface area contributed by atoms with Gasteiger partial charge in [0.2, 0.25) is 0 Å². The fourth-order valence-electron chi connectivity index (χ4n) is 2.50. The van der Waals surface area contributed by atoms with Gasteiger partial charge < -0.3 is 14.6 Å². The van der Waals surface area contributed by atoms with Gasteiger partial charge >= 0.3 is 6.03 Å². The van der Waals surface area contributed by atoms with E-state index in [4.69, 9.17) is 4.42 Å². The van der Waals surface area contributed by atoms with E-state index >= 15 is 0 Å². The summed E-state index contributed by atoms with van der Waals surface area (Å²) in [6.45, 7) is 7.24. The van der Waals surface area contributed by atoms with Gasteiger partial charge in [0.25, 0.3) is 0 Å². The molecule has 21 heavy (non-hydrogen) atoms. The molecule has 0 aliphatic heterocycles. The van der Waals surface area contributed by atoms with E-state index in [2.05, 4.69) is 38.2 Å². The average Bonchev–Trinajstić information content (AvgIpc) is 2.89. The largest absolute Gasteiger partial charge is 0.467 e. The van der Waals surface area contributed by atoms with Crippen molar-refractivity contribution in [3.63, 3.8) is 0 Å². The molecule has 2 aromatic rings. The van der Waals surface area contributed by atoms with E-state index in [-0.39, 0.29) is 6.03 Å². The third-order valence-electron chi connectivity index (χ3n) is 3.58. The second kappa shape index (κ2) is 6.48. The number of furan rings is 1. The van der Waals surface area contributed by atoms with E-state index in [1.165, 1.54) is 22.3 Å². The number of hydrogen-bond acceptors (Lipinski definition) is 2. The molecule has 0 spiro atoms. The lowest BCUT2D eigenvalue weighted by Gasteiger charge is -2.18. The zero-order valence-electron chi connectivity index (χ0n) is 13.1. The lowest BCUT2D eigenvalue weighted by molar-refractivity contribution is 0.202. The third kappa shape index (κ3) is 3.88. The highest BCUT2D eigenvalue weighted by Crippen LogP contribution is 2.16. The van der Waals surface area contributed by atoms with Crippen LogP contribution < -0.4 is 5.32 Å². The number of aryl methyl sites for hydroxylation is 3. The first kappa shape index (κ1) is 15.2. The standard InChI is InChI=1S/C17H22N2O2/c1-12-8-13(2)16(14(3)9-12)10-18-17(20)19(4)11-15-6-5-7-21-15/h5-9H,10-11H2,1-4H3,(H,18,20). The molecule has 2 amide bonds. The normalized spacial score (nSPS) is 10.5. The fourth-order valence-corrected chi connectivity index (χ4v) is 2.50. The van der Waals surface area contributed by atoms with Crippen molar-refractivity contribution < 1.29 is 9.21 Å². The number of amides is 2. The molecule has 1 aromatic carbocycles. The van der Waals surface area contributed by atoms with Crippen LogP contribution in [0, 0.1) is 20.8 Å². The van der Waals surface area contributed by atoms with Crippen LogP contribution in [0.3, 0.4) is 0 Å². The van der Waals surface area contributed by atoms with E-state index in [9.17, 15) is 4.79 Å². The topological polar surface area (TPSA) is 45.5 Å². The monoisotopic (exact) mass is 286 g/mol. The summed E-state index contributed by atoms with van der Waals surface area (Å²) >= 11 is 0. The molecule has 112 valence electrons. The summed E-state index contributed by atoms with van der Waals surface area (Å²) in [5.74, 6) is 0.773. The molecule has 4 heteroatoms. The van der Waals surface area contributed by atoms with Crippen LogP contribution in [0.4, 0.5) is 4.79 Å². The van der Waals surface area contributed by atoms with Crippen molar-refractivity contribution in [2.45, 2.75) is 33.9 Å². The molecule has 0 aliphatic rings. The quantitative estimate of drug-likeness (QED) is 0.934. The molecule has 0 atom stereocenters. The molecule has 0 unspecified atom stereocenters. The number of rotatable bonds is 4.